The van der Waals surface area contributed by atoms with Crippen LogP contribution < -0.4 is 10.2 Å². The van der Waals surface area contributed by atoms with Crippen LogP contribution in [0.3, 0.4) is 0 Å². The maximum Gasteiger partial charge on any atom is 0.0991 e. The van der Waals surface area contributed by atoms with Crippen LogP contribution in [0, 0.1) is 11.3 Å². The lowest BCUT2D eigenvalue weighted by atomic mass is 10.0. The van der Waals surface area contributed by atoms with Crippen molar-refractivity contribution in [3.8, 4) is 6.07 Å². The molecule has 2 aromatic rings. The van der Waals surface area contributed by atoms with Crippen molar-refractivity contribution in [2.75, 3.05) is 24.5 Å². The van der Waals surface area contributed by atoms with Crippen LogP contribution in [0.1, 0.15) is 17.2 Å². The predicted octanol–water partition coefficient (Wildman–Crippen LogP) is 3.36. The Bertz CT molecular complexity index is 660. The first kappa shape index (κ1) is 13.9. The minimum atomic E-state index is 0.239. The van der Waals surface area contributed by atoms with Gasteiger partial charge in [-0.25, -0.2) is 0 Å². The molecule has 1 saturated heterocycles. The van der Waals surface area contributed by atoms with E-state index >= 15 is 0 Å². The molecule has 0 radical (unpaired) electrons. The summed E-state index contributed by atoms with van der Waals surface area (Å²) < 4.78 is 0. The van der Waals surface area contributed by atoms with Gasteiger partial charge in [-0.3, -0.25) is 0 Å². The fourth-order valence-electron chi connectivity index (χ4n) is 2.68. The molecule has 1 fully saturated rings. The van der Waals surface area contributed by atoms with Gasteiger partial charge in [-0.1, -0.05) is 23.7 Å². The van der Waals surface area contributed by atoms with Crippen LogP contribution in [0.2, 0.25) is 5.02 Å². The molecule has 1 atom stereocenters. The first-order valence-electron chi connectivity index (χ1n) is 7.00. The van der Waals surface area contributed by atoms with Gasteiger partial charge >= 0.3 is 0 Å². The van der Waals surface area contributed by atoms with Crippen LogP contribution in [-0.2, 0) is 0 Å². The highest BCUT2D eigenvalue weighted by Gasteiger charge is 2.21. The molecule has 0 bridgehead atoms. The molecule has 0 aliphatic carbocycles. The molecule has 1 aliphatic rings. The largest absolute Gasteiger partial charge is 0.368 e. The summed E-state index contributed by atoms with van der Waals surface area (Å²) in [7, 11) is 0. The summed E-state index contributed by atoms with van der Waals surface area (Å²) in [5.41, 5.74) is 3.05. The average Bonchev–Trinajstić information content (AvgIpc) is 2.56. The normalized spacial score (nSPS) is 18.3. The SMILES string of the molecule is N#Cc1cccc(C2CN(c3ccc(Cl)cc3)CCN2)c1. The third-order valence-electron chi connectivity index (χ3n) is 3.79. The molecular weight excluding hydrogens is 282 g/mol. The molecular formula is C17H16ClN3. The van der Waals surface area contributed by atoms with E-state index in [-0.39, 0.29) is 6.04 Å². The fourth-order valence-corrected chi connectivity index (χ4v) is 2.81. The molecule has 0 aromatic heterocycles. The Balaban J connectivity index is 1.79. The number of nitriles is 1. The predicted molar refractivity (Wildman–Crippen MR) is 85.6 cm³/mol. The highest BCUT2D eigenvalue weighted by molar-refractivity contribution is 6.30. The quantitative estimate of drug-likeness (QED) is 0.924. The molecule has 3 rings (SSSR count). The summed E-state index contributed by atoms with van der Waals surface area (Å²) in [5.74, 6) is 0. The molecule has 0 spiro atoms. The Hall–Kier alpha value is -2.02. The van der Waals surface area contributed by atoms with Gasteiger partial charge in [0.15, 0.2) is 0 Å². The number of anilines is 1. The van der Waals surface area contributed by atoms with E-state index in [4.69, 9.17) is 16.9 Å². The molecule has 1 N–H and O–H groups in total. The van der Waals surface area contributed by atoms with E-state index in [1.54, 1.807) is 0 Å². The van der Waals surface area contributed by atoms with Gasteiger partial charge in [0.05, 0.1) is 11.6 Å². The summed E-state index contributed by atoms with van der Waals surface area (Å²) in [6.45, 7) is 2.77. The van der Waals surface area contributed by atoms with E-state index < -0.39 is 0 Å². The number of hydrogen-bond donors (Lipinski definition) is 1. The van der Waals surface area contributed by atoms with E-state index in [0.717, 1.165) is 30.2 Å². The zero-order chi connectivity index (χ0) is 14.7. The highest BCUT2D eigenvalue weighted by Crippen LogP contribution is 2.24. The Morgan fingerprint density at radius 3 is 2.76 bits per heavy atom. The van der Waals surface area contributed by atoms with Crippen molar-refractivity contribution in [1.29, 1.82) is 5.26 Å². The van der Waals surface area contributed by atoms with Gasteiger partial charge in [-0.2, -0.15) is 5.26 Å². The second-order valence-electron chi connectivity index (χ2n) is 5.17. The minimum absolute atomic E-state index is 0.239. The van der Waals surface area contributed by atoms with Gasteiger partial charge in [-0.15, -0.1) is 0 Å². The molecule has 1 heterocycles. The molecule has 21 heavy (non-hydrogen) atoms. The summed E-state index contributed by atoms with van der Waals surface area (Å²) >= 11 is 5.95. The van der Waals surface area contributed by atoms with Gasteiger partial charge in [-0.05, 0) is 42.0 Å². The van der Waals surface area contributed by atoms with E-state index in [9.17, 15) is 0 Å². The highest BCUT2D eigenvalue weighted by atomic mass is 35.5. The lowest BCUT2D eigenvalue weighted by Gasteiger charge is -2.35. The van der Waals surface area contributed by atoms with Crippen LogP contribution in [-0.4, -0.2) is 19.6 Å². The molecule has 1 aliphatic heterocycles. The zero-order valence-corrected chi connectivity index (χ0v) is 12.3. The smallest absolute Gasteiger partial charge is 0.0991 e. The van der Waals surface area contributed by atoms with E-state index in [1.165, 1.54) is 5.69 Å². The number of hydrogen-bond acceptors (Lipinski definition) is 3. The maximum atomic E-state index is 9.02. The fraction of sp³-hybridized carbons (Fsp3) is 0.235. The molecule has 4 heteroatoms. The average molecular weight is 298 g/mol. The van der Waals surface area contributed by atoms with E-state index in [0.29, 0.717) is 5.56 Å². The first-order chi connectivity index (χ1) is 10.3. The minimum Gasteiger partial charge on any atom is -0.368 e. The standard InChI is InChI=1S/C17H16ClN3/c18-15-4-6-16(7-5-15)21-9-8-20-17(12-21)14-3-1-2-13(10-14)11-19/h1-7,10,17,20H,8-9,12H2. The van der Waals surface area contributed by atoms with Gasteiger partial charge in [0.2, 0.25) is 0 Å². The lowest BCUT2D eigenvalue weighted by molar-refractivity contribution is 0.472. The van der Waals surface area contributed by atoms with Crippen molar-refractivity contribution in [3.05, 3.63) is 64.7 Å². The number of piperazine rings is 1. The molecule has 106 valence electrons. The summed E-state index contributed by atoms with van der Waals surface area (Å²) in [5, 5.41) is 13.3. The maximum absolute atomic E-state index is 9.02. The first-order valence-corrected chi connectivity index (χ1v) is 7.38. The van der Waals surface area contributed by atoms with Gasteiger partial charge in [0.1, 0.15) is 0 Å². The van der Waals surface area contributed by atoms with Crippen LogP contribution in [0.15, 0.2) is 48.5 Å². The number of halogens is 1. The topological polar surface area (TPSA) is 39.1 Å². The van der Waals surface area contributed by atoms with Crippen LogP contribution >= 0.6 is 11.6 Å². The van der Waals surface area contributed by atoms with Crippen LogP contribution in [0.25, 0.3) is 0 Å². The van der Waals surface area contributed by atoms with Crippen molar-refractivity contribution in [3.63, 3.8) is 0 Å². The Morgan fingerprint density at radius 1 is 1.19 bits per heavy atom. The van der Waals surface area contributed by atoms with Crippen LogP contribution in [0.5, 0.6) is 0 Å². The number of nitrogens with zero attached hydrogens (tertiary/aromatic N) is 2. The Morgan fingerprint density at radius 2 is 2.00 bits per heavy atom. The monoisotopic (exact) mass is 297 g/mol. The summed E-state index contributed by atoms with van der Waals surface area (Å²) in [6.07, 6.45) is 0. The lowest BCUT2D eigenvalue weighted by Crippen LogP contribution is -2.45. The summed E-state index contributed by atoms with van der Waals surface area (Å²) in [6, 6.07) is 18.2. The van der Waals surface area contributed by atoms with Gasteiger partial charge in [0, 0.05) is 36.4 Å². The molecule has 2 aromatic carbocycles. The molecule has 3 nitrogen and oxygen atoms in total. The number of nitrogens with one attached hydrogen (secondary N) is 1. The Kier molecular flexibility index (Phi) is 4.10. The number of rotatable bonds is 2. The third-order valence-corrected chi connectivity index (χ3v) is 4.04. The van der Waals surface area contributed by atoms with E-state index in [2.05, 4.69) is 34.5 Å². The van der Waals surface area contributed by atoms with Crippen molar-refractivity contribution in [2.24, 2.45) is 0 Å². The summed E-state index contributed by atoms with van der Waals surface area (Å²) in [4.78, 5) is 2.34. The molecule has 1 unspecified atom stereocenters. The second-order valence-corrected chi connectivity index (χ2v) is 5.60. The second kappa shape index (κ2) is 6.17. The van der Waals surface area contributed by atoms with Gasteiger partial charge < -0.3 is 10.2 Å². The zero-order valence-electron chi connectivity index (χ0n) is 11.6. The van der Waals surface area contributed by atoms with Gasteiger partial charge in [0.25, 0.3) is 0 Å². The van der Waals surface area contributed by atoms with Crippen molar-refractivity contribution < 1.29 is 0 Å². The Labute approximate surface area is 129 Å². The number of benzene rings is 2. The van der Waals surface area contributed by atoms with Crippen LogP contribution in [0.4, 0.5) is 5.69 Å². The van der Waals surface area contributed by atoms with Crippen molar-refractivity contribution in [1.82, 2.24) is 5.32 Å². The molecule has 0 saturated carbocycles. The van der Waals surface area contributed by atoms with E-state index in [1.807, 2.05) is 30.3 Å². The van der Waals surface area contributed by atoms with Crippen molar-refractivity contribution >= 4 is 17.3 Å². The molecule has 0 amide bonds. The van der Waals surface area contributed by atoms with Crippen molar-refractivity contribution in [2.45, 2.75) is 6.04 Å². The third kappa shape index (κ3) is 3.18.